The summed E-state index contributed by atoms with van der Waals surface area (Å²) in [6, 6.07) is 8.06. The van der Waals surface area contributed by atoms with Crippen LogP contribution in [0.1, 0.15) is 16.1 Å². The fourth-order valence-electron chi connectivity index (χ4n) is 1.85. The highest BCUT2D eigenvalue weighted by Gasteiger charge is 2.23. The van der Waals surface area contributed by atoms with Crippen molar-refractivity contribution in [2.24, 2.45) is 5.73 Å². The number of benzene rings is 1. The van der Waals surface area contributed by atoms with E-state index in [-0.39, 0.29) is 17.9 Å². The van der Waals surface area contributed by atoms with Gasteiger partial charge in [-0.1, -0.05) is 24.3 Å². The molecule has 1 aromatic heterocycles. The van der Waals surface area contributed by atoms with Crippen LogP contribution in [0.5, 0.6) is 0 Å². The summed E-state index contributed by atoms with van der Waals surface area (Å²) in [5.41, 5.74) is 6.92. The fourth-order valence-corrected chi connectivity index (χ4v) is 1.85. The largest absolute Gasteiger partial charge is 0.434 e. The van der Waals surface area contributed by atoms with Gasteiger partial charge in [0.05, 0.1) is 6.07 Å². The molecule has 3 N–H and O–H groups in total. The van der Waals surface area contributed by atoms with Crippen molar-refractivity contribution in [2.45, 2.75) is 6.42 Å². The van der Waals surface area contributed by atoms with Crippen molar-refractivity contribution in [3.8, 4) is 11.1 Å². The second-order valence-electron chi connectivity index (χ2n) is 4.12. The first-order chi connectivity index (χ1) is 9.52. The van der Waals surface area contributed by atoms with Gasteiger partial charge < -0.3 is 15.3 Å². The van der Waals surface area contributed by atoms with Crippen molar-refractivity contribution in [1.82, 2.24) is 0 Å². The van der Waals surface area contributed by atoms with Crippen molar-refractivity contribution < 1.29 is 19.2 Å². The van der Waals surface area contributed by atoms with Crippen LogP contribution in [0.15, 0.2) is 34.7 Å². The van der Waals surface area contributed by atoms with Gasteiger partial charge in [0.25, 0.3) is 5.91 Å². The van der Waals surface area contributed by atoms with Crippen molar-refractivity contribution in [1.29, 1.82) is 0 Å². The van der Waals surface area contributed by atoms with E-state index in [1.54, 1.807) is 24.3 Å². The molecule has 7 nitrogen and oxygen atoms in total. The van der Waals surface area contributed by atoms with Gasteiger partial charge in [0.1, 0.15) is 4.92 Å². The van der Waals surface area contributed by atoms with E-state index < -0.39 is 16.7 Å². The van der Waals surface area contributed by atoms with Gasteiger partial charge in [0.15, 0.2) is 0 Å². The highest BCUT2D eigenvalue weighted by atomic mass is 16.6. The van der Waals surface area contributed by atoms with Gasteiger partial charge >= 0.3 is 5.88 Å². The summed E-state index contributed by atoms with van der Waals surface area (Å²) in [5.74, 6) is -1.65. The zero-order valence-electron chi connectivity index (χ0n) is 10.4. The molecule has 1 heterocycles. The summed E-state index contributed by atoms with van der Waals surface area (Å²) in [6.45, 7) is 0.0308. The molecule has 1 amide bonds. The van der Waals surface area contributed by atoms with Gasteiger partial charge in [0.2, 0.25) is 5.76 Å². The highest BCUT2D eigenvalue weighted by Crippen LogP contribution is 2.31. The van der Waals surface area contributed by atoms with Crippen molar-refractivity contribution in [3.05, 3.63) is 51.8 Å². The minimum atomic E-state index is -0.868. The number of furan rings is 1. The summed E-state index contributed by atoms with van der Waals surface area (Å²) >= 11 is 0. The fraction of sp³-hybridized carbons (Fsp3) is 0.154. The minimum Gasteiger partial charge on any atom is -0.396 e. The molecule has 0 unspecified atom stereocenters. The minimum absolute atomic E-state index is 0.0308. The number of hydrogen-bond donors (Lipinski definition) is 2. The molecule has 7 heteroatoms. The number of hydrogen-bond acceptors (Lipinski definition) is 5. The number of rotatable bonds is 5. The molecular weight excluding hydrogens is 264 g/mol. The number of nitrogens with two attached hydrogens (primary N) is 1. The van der Waals surface area contributed by atoms with E-state index in [9.17, 15) is 14.9 Å². The summed E-state index contributed by atoms with van der Waals surface area (Å²) in [5, 5.41) is 19.5. The Kier molecular flexibility index (Phi) is 3.81. The van der Waals surface area contributed by atoms with Gasteiger partial charge in [-0.05, 0) is 17.5 Å². The van der Waals surface area contributed by atoms with Crippen molar-refractivity contribution >= 4 is 11.8 Å². The van der Waals surface area contributed by atoms with Crippen LogP contribution in [0.3, 0.4) is 0 Å². The lowest BCUT2D eigenvalue weighted by Crippen LogP contribution is -2.10. The zero-order chi connectivity index (χ0) is 14.7. The third-order valence-corrected chi connectivity index (χ3v) is 2.79. The lowest BCUT2D eigenvalue weighted by Gasteiger charge is -2.02. The molecule has 0 aliphatic rings. The molecule has 0 aliphatic carbocycles. The number of carbonyl (C=O) groups excluding carboxylic acids is 1. The standard InChI is InChI=1S/C13H12N2O5/c14-13(17)12-10(7-11(20-12)15(18)19)9-3-1-8(2-4-9)5-6-16/h1-4,7,16H,5-6H2,(H2,14,17). The van der Waals surface area contributed by atoms with Gasteiger partial charge in [-0.25, -0.2) is 0 Å². The van der Waals surface area contributed by atoms with Gasteiger partial charge in [0, 0.05) is 12.2 Å². The molecule has 0 spiro atoms. The summed E-state index contributed by atoms with van der Waals surface area (Å²) in [7, 11) is 0. The number of amides is 1. The maximum atomic E-state index is 11.3. The van der Waals surface area contributed by atoms with Gasteiger partial charge in [-0.2, -0.15) is 0 Å². The lowest BCUT2D eigenvalue weighted by atomic mass is 10.0. The molecule has 2 aromatic rings. The number of aliphatic hydroxyl groups is 1. The van der Waals surface area contributed by atoms with Crippen LogP contribution < -0.4 is 5.73 Å². The molecule has 0 aliphatic heterocycles. The van der Waals surface area contributed by atoms with Crippen molar-refractivity contribution in [3.63, 3.8) is 0 Å². The molecule has 0 fully saturated rings. The van der Waals surface area contributed by atoms with E-state index in [0.717, 1.165) is 5.56 Å². The van der Waals surface area contributed by atoms with Crippen LogP contribution in [0, 0.1) is 10.1 Å². The molecule has 0 saturated heterocycles. The van der Waals surface area contributed by atoms with Crippen LogP contribution in [-0.2, 0) is 6.42 Å². The second kappa shape index (κ2) is 5.54. The lowest BCUT2D eigenvalue weighted by molar-refractivity contribution is -0.402. The first-order valence-corrected chi connectivity index (χ1v) is 5.81. The molecular formula is C13H12N2O5. The predicted octanol–water partition coefficient (Wildman–Crippen LogP) is 1.49. The van der Waals surface area contributed by atoms with Gasteiger partial charge in [-0.15, -0.1) is 0 Å². The van der Waals surface area contributed by atoms with E-state index >= 15 is 0 Å². The molecule has 20 heavy (non-hydrogen) atoms. The van der Waals surface area contributed by atoms with Crippen LogP contribution in [0.4, 0.5) is 5.88 Å². The van der Waals surface area contributed by atoms with E-state index in [1.807, 2.05) is 0 Å². The molecule has 1 aromatic carbocycles. The summed E-state index contributed by atoms with van der Waals surface area (Å²) in [6.07, 6.45) is 0.508. The van der Waals surface area contributed by atoms with Crippen LogP contribution >= 0.6 is 0 Å². The molecule has 0 saturated carbocycles. The average molecular weight is 276 g/mol. The molecule has 0 bridgehead atoms. The molecule has 0 radical (unpaired) electrons. The third kappa shape index (κ3) is 2.67. The Hall–Kier alpha value is -2.67. The topological polar surface area (TPSA) is 120 Å². The molecule has 104 valence electrons. The number of nitrogens with zero attached hydrogens (tertiary/aromatic N) is 1. The first kappa shape index (κ1) is 13.8. The van der Waals surface area contributed by atoms with E-state index in [2.05, 4.69) is 0 Å². The maximum Gasteiger partial charge on any atom is 0.434 e. The number of nitro groups is 1. The zero-order valence-corrected chi connectivity index (χ0v) is 10.4. The average Bonchev–Trinajstić information content (AvgIpc) is 2.85. The predicted molar refractivity (Wildman–Crippen MR) is 70.1 cm³/mol. The maximum absolute atomic E-state index is 11.3. The normalized spacial score (nSPS) is 10.4. The number of primary amides is 1. The number of aliphatic hydroxyl groups excluding tert-OH is 1. The molecule has 0 atom stereocenters. The Balaban J connectivity index is 2.45. The van der Waals surface area contributed by atoms with E-state index in [1.165, 1.54) is 6.07 Å². The molecule has 2 rings (SSSR count). The van der Waals surface area contributed by atoms with Gasteiger partial charge in [-0.3, -0.25) is 14.9 Å². The Morgan fingerprint density at radius 3 is 2.50 bits per heavy atom. The second-order valence-corrected chi connectivity index (χ2v) is 4.12. The summed E-state index contributed by atoms with van der Waals surface area (Å²) in [4.78, 5) is 21.2. The van der Waals surface area contributed by atoms with Crippen molar-refractivity contribution in [2.75, 3.05) is 6.61 Å². The summed E-state index contributed by atoms with van der Waals surface area (Å²) < 4.78 is 4.86. The Morgan fingerprint density at radius 1 is 1.35 bits per heavy atom. The number of carbonyl (C=O) groups is 1. The third-order valence-electron chi connectivity index (χ3n) is 2.79. The van der Waals surface area contributed by atoms with Crippen LogP contribution in [0.25, 0.3) is 11.1 Å². The highest BCUT2D eigenvalue weighted by molar-refractivity contribution is 5.97. The SMILES string of the molecule is NC(=O)c1oc([N+](=O)[O-])cc1-c1ccc(CCO)cc1. The van der Waals surface area contributed by atoms with Crippen LogP contribution in [-0.4, -0.2) is 22.5 Å². The Bertz CT molecular complexity index is 645. The Labute approximate surface area is 113 Å². The Morgan fingerprint density at radius 2 is 2.00 bits per heavy atom. The van der Waals surface area contributed by atoms with E-state index in [0.29, 0.717) is 12.0 Å². The smallest absolute Gasteiger partial charge is 0.396 e. The first-order valence-electron chi connectivity index (χ1n) is 5.81. The monoisotopic (exact) mass is 276 g/mol. The van der Waals surface area contributed by atoms with Crippen LogP contribution in [0.2, 0.25) is 0 Å². The quantitative estimate of drug-likeness (QED) is 0.633. The van der Waals surface area contributed by atoms with E-state index in [4.69, 9.17) is 15.3 Å².